The predicted octanol–water partition coefficient (Wildman–Crippen LogP) is 5.65. The van der Waals surface area contributed by atoms with Gasteiger partial charge in [-0.1, -0.05) is 70.3 Å². The first-order valence-corrected chi connectivity index (χ1v) is 9.54. The van der Waals surface area contributed by atoms with Crippen molar-refractivity contribution in [2.75, 3.05) is 7.11 Å². The number of allylic oxidation sites excluding steroid dienone is 1. The summed E-state index contributed by atoms with van der Waals surface area (Å²) in [6.07, 6.45) is 17.7. The number of ether oxygens (including phenoxy) is 1. The highest BCUT2D eigenvalue weighted by Gasteiger charge is 2.01. The van der Waals surface area contributed by atoms with E-state index in [0.29, 0.717) is 12.0 Å². The number of carbonyl (C=O) groups is 2. The molecule has 0 aromatic heterocycles. The average molecular weight is 341 g/mol. The Morgan fingerprint density at radius 1 is 0.792 bits per heavy atom. The van der Waals surface area contributed by atoms with Gasteiger partial charge in [-0.15, -0.1) is 0 Å². The summed E-state index contributed by atoms with van der Waals surface area (Å²) in [6, 6.07) is 0. The third-order valence-electron chi connectivity index (χ3n) is 4.30. The van der Waals surface area contributed by atoms with Crippen molar-refractivity contribution in [3.8, 4) is 0 Å². The predicted molar refractivity (Wildman–Crippen MR) is 98.0 cm³/mol. The summed E-state index contributed by atoms with van der Waals surface area (Å²) in [5.74, 6) is -0.901. The Bertz CT molecular complexity index is 361. The molecule has 24 heavy (non-hydrogen) atoms. The third kappa shape index (κ3) is 15.6. The molecule has 0 bridgehead atoms. The van der Waals surface area contributed by atoms with Crippen molar-refractivity contribution in [2.24, 2.45) is 0 Å². The number of carboxylic acid groups (broad SMARTS) is 1. The van der Waals surface area contributed by atoms with Gasteiger partial charge in [0.05, 0.1) is 7.11 Å². The first-order chi connectivity index (χ1) is 11.6. The summed E-state index contributed by atoms with van der Waals surface area (Å²) >= 11 is 0. The van der Waals surface area contributed by atoms with Crippen LogP contribution >= 0.6 is 0 Å². The quantitative estimate of drug-likeness (QED) is 0.224. The first-order valence-electron chi connectivity index (χ1n) is 9.54. The van der Waals surface area contributed by atoms with Crippen molar-refractivity contribution in [3.63, 3.8) is 0 Å². The second-order valence-electron chi connectivity index (χ2n) is 6.55. The van der Waals surface area contributed by atoms with Crippen LogP contribution in [0.2, 0.25) is 0 Å². The van der Waals surface area contributed by atoms with E-state index in [0.717, 1.165) is 25.7 Å². The van der Waals surface area contributed by atoms with Gasteiger partial charge in [0.1, 0.15) is 0 Å². The van der Waals surface area contributed by atoms with Crippen LogP contribution in [0.5, 0.6) is 0 Å². The average Bonchev–Trinajstić information content (AvgIpc) is 2.57. The molecule has 0 unspecified atom stereocenters. The van der Waals surface area contributed by atoms with Crippen molar-refractivity contribution < 1.29 is 19.4 Å². The van der Waals surface area contributed by atoms with Gasteiger partial charge in [0.25, 0.3) is 0 Å². The largest absolute Gasteiger partial charge is 0.481 e. The van der Waals surface area contributed by atoms with Gasteiger partial charge in [-0.25, -0.2) is 4.79 Å². The highest BCUT2D eigenvalue weighted by atomic mass is 16.5. The van der Waals surface area contributed by atoms with Crippen molar-refractivity contribution >= 4 is 11.9 Å². The molecule has 0 fully saturated rings. The minimum Gasteiger partial charge on any atom is -0.481 e. The Kier molecular flexibility index (Phi) is 15.6. The summed E-state index contributed by atoms with van der Waals surface area (Å²) in [4.78, 5) is 21.6. The number of rotatable bonds is 16. The van der Waals surface area contributed by atoms with E-state index in [1.165, 1.54) is 64.9 Å². The molecule has 0 aromatic rings. The summed E-state index contributed by atoms with van der Waals surface area (Å²) < 4.78 is 4.66. The number of aliphatic carboxylic acids is 1. The number of hydrogen-bond acceptors (Lipinski definition) is 3. The lowest BCUT2D eigenvalue weighted by atomic mass is 10.0. The van der Waals surface area contributed by atoms with Gasteiger partial charge in [-0.3, -0.25) is 4.79 Å². The normalized spacial score (nSPS) is 11.5. The Hall–Kier alpha value is -1.32. The van der Waals surface area contributed by atoms with Gasteiger partial charge in [0.15, 0.2) is 0 Å². The number of carbonyl (C=O) groups excluding carboxylic acids is 1. The van der Waals surface area contributed by atoms with E-state index in [-0.39, 0.29) is 5.97 Å². The molecule has 140 valence electrons. The molecule has 0 aliphatic heterocycles. The maximum absolute atomic E-state index is 11.2. The molecule has 0 aromatic carbocycles. The molecule has 0 saturated heterocycles. The highest BCUT2D eigenvalue weighted by Crippen LogP contribution is 2.13. The second-order valence-corrected chi connectivity index (χ2v) is 6.55. The molecular weight excluding hydrogens is 304 g/mol. The smallest absolute Gasteiger partial charge is 0.333 e. The minimum atomic E-state index is -0.676. The molecule has 0 spiro atoms. The van der Waals surface area contributed by atoms with E-state index in [2.05, 4.69) is 4.74 Å². The molecule has 4 heteroatoms. The van der Waals surface area contributed by atoms with E-state index in [9.17, 15) is 9.59 Å². The van der Waals surface area contributed by atoms with Crippen LogP contribution in [0.15, 0.2) is 11.6 Å². The Morgan fingerprint density at radius 3 is 1.62 bits per heavy atom. The topological polar surface area (TPSA) is 63.6 Å². The van der Waals surface area contributed by atoms with Gasteiger partial charge in [0.2, 0.25) is 0 Å². The maximum atomic E-state index is 11.2. The Morgan fingerprint density at radius 2 is 1.21 bits per heavy atom. The molecule has 4 nitrogen and oxygen atoms in total. The standard InChI is InChI=1S/C20H36O4/c1-18(20(23)24-2)16-14-12-10-8-6-4-3-5-7-9-11-13-15-17-19(21)22/h16H,3-15,17H2,1-2H3,(H,21,22). The van der Waals surface area contributed by atoms with Crippen LogP contribution < -0.4 is 0 Å². The lowest BCUT2D eigenvalue weighted by Crippen LogP contribution is -2.01. The van der Waals surface area contributed by atoms with E-state index in [4.69, 9.17) is 5.11 Å². The highest BCUT2D eigenvalue weighted by molar-refractivity contribution is 5.87. The Labute approximate surface area is 147 Å². The van der Waals surface area contributed by atoms with Crippen LogP contribution in [-0.4, -0.2) is 24.2 Å². The van der Waals surface area contributed by atoms with Gasteiger partial charge in [0, 0.05) is 12.0 Å². The lowest BCUT2D eigenvalue weighted by Gasteiger charge is -2.03. The van der Waals surface area contributed by atoms with Crippen molar-refractivity contribution in [1.82, 2.24) is 0 Å². The number of unbranched alkanes of at least 4 members (excludes halogenated alkanes) is 12. The molecule has 0 aliphatic rings. The SMILES string of the molecule is COC(=O)C(C)=CCCCCCCCCCCCCCCC(=O)O. The monoisotopic (exact) mass is 340 g/mol. The molecule has 0 aliphatic carbocycles. The summed E-state index contributed by atoms with van der Waals surface area (Å²) in [7, 11) is 1.42. The zero-order chi connectivity index (χ0) is 18.0. The molecule has 1 N–H and O–H groups in total. The fourth-order valence-corrected chi connectivity index (χ4v) is 2.75. The summed E-state index contributed by atoms with van der Waals surface area (Å²) in [5, 5.41) is 8.54. The number of esters is 1. The summed E-state index contributed by atoms with van der Waals surface area (Å²) in [6.45, 7) is 1.80. The van der Waals surface area contributed by atoms with E-state index >= 15 is 0 Å². The molecule has 0 saturated carbocycles. The number of carboxylic acids is 1. The van der Waals surface area contributed by atoms with Crippen LogP contribution in [0, 0.1) is 0 Å². The van der Waals surface area contributed by atoms with Crippen LogP contribution in [0.4, 0.5) is 0 Å². The maximum Gasteiger partial charge on any atom is 0.333 e. The fourth-order valence-electron chi connectivity index (χ4n) is 2.75. The van der Waals surface area contributed by atoms with E-state index in [1.807, 2.05) is 6.08 Å². The molecule has 0 radical (unpaired) electrons. The van der Waals surface area contributed by atoms with Crippen LogP contribution in [0.3, 0.4) is 0 Å². The zero-order valence-electron chi connectivity index (χ0n) is 15.6. The molecule has 0 rings (SSSR count). The summed E-state index contributed by atoms with van der Waals surface area (Å²) in [5.41, 5.74) is 0.709. The Balaban J connectivity index is 3.20. The number of methoxy groups -OCH3 is 1. The van der Waals surface area contributed by atoms with Gasteiger partial charge in [-0.2, -0.15) is 0 Å². The van der Waals surface area contributed by atoms with Crippen molar-refractivity contribution in [3.05, 3.63) is 11.6 Å². The fraction of sp³-hybridized carbons (Fsp3) is 0.800. The van der Waals surface area contributed by atoms with Crippen molar-refractivity contribution in [1.29, 1.82) is 0 Å². The zero-order valence-corrected chi connectivity index (χ0v) is 15.6. The third-order valence-corrected chi connectivity index (χ3v) is 4.30. The molecule has 0 atom stereocenters. The van der Waals surface area contributed by atoms with Crippen molar-refractivity contribution in [2.45, 2.75) is 96.8 Å². The van der Waals surface area contributed by atoms with E-state index < -0.39 is 5.97 Å². The van der Waals surface area contributed by atoms with E-state index in [1.54, 1.807) is 6.92 Å². The molecular formula is C20H36O4. The minimum absolute atomic E-state index is 0.225. The van der Waals surface area contributed by atoms with Crippen LogP contribution in [-0.2, 0) is 14.3 Å². The van der Waals surface area contributed by atoms with Crippen LogP contribution in [0.1, 0.15) is 96.8 Å². The molecule has 0 amide bonds. The second kappa shape index (κ2) is 16.5. The first kappa shape index (κ1) is 22.7. The van der Waals surface area contributed by atoms with Crippen LogP contribution in [0.25, 0.3) is 0 Å². The molecule has 0 heterocycles. The van der Waals surface area contributed by atoms with Gasteiger partial charge >= 0.3 is 11.9 Å². The number of hydrogen-bond donors (Lipinski definition) is 1. The van der Waals surface area contributed by atoms with Gasteiger partial charge < -0.3 is 9.84 Å². The lowest BCUT2D eigenvalue weighted by molar-refractivity contribution is -0.137. The van der Waals surface area contributed by atoms with Gasteiger partial charge in [-0.05, 0) is 26.2 Å².